The van der Waals surface area contributed by atoms with Crippen LogP contribution in [0.4, 0.5) is 13.2 Å². The van der Waals surface area contributed by atoms with E-state index < -0.39 is 17.9 Å². The second-order valence-corrected chi connectivity index (χ2v) is 11.1. The molecule has 2 amide bonds. The molecule has 0 radical (unpaired) electrons. The summed E-state index contributed by atoms with van der Waals surface area (Å²) in [6, 6.07) is 0. The third kappa shape index (κ3) is 6.07. The van der Waals surface area contributed by atoms with E-state index in [9.17, 15) is 22.8 Å². The monoisotopic (exact) mass is 515 g/mol. The summed E-state index contributed by atoms with van der Waals surface area (Å²) < 4.78 is 46.8. The Balaban J connectivity index is 1.17. The van der Waals surface area contributed by atoms with Gasteiger partial charge in [-0.3, -0.25) is 19.6 Å². The normalized spacial score (nSPS) is 40.7. The number of halogens is 5. The van der Waals surface area contributed by atoms with Gasteiger partial charge in [0, 0.05) is 12.1 Å². The second kappa shape index (κ2) is 9.68. The standard InChI is InChI=1S/C21H30Cl2F3N3O4/c22-14-3-1-12(7-15(14)23)32-9-17(30)29-20-6-5-19(10-20,11-20)18(31)28-16-4-2-13(8-27-16)33-21(24,25)26/h12-16,27H,1-11H2,(H,28,31)(H,29,30). The number of carbonyl (C=O) groups excluding carboxylic acids is 2. The van der Waals surface area contributed by atoms with Crippen LogP contribution in [0.25, 0.3) is 0 Å². The molecular weight excluding hydrogens is 486 g/mol. The van der Waals surface area contributed by atoms with Crippen molar-refractivity contribution in [1.29, 1.82) is 0 Å². The number of hydrogen-bond donors (Lipinski definition) is 3. The van der Waals surface area contributed by atoms with Crippen LogP contribution in [0.1, 0.15) is 57.8 Å². The van der Waals surface area contributed by atoms with Gasteiger partial charge < -0.3 is 15.4 Å². The summed E-state index contributed by atoms with van der Waals surface area (Å²) in [6.07, 6.45) is -0.843. The molecule has 0 aromatic carbocycles. The molecule has 1 heterocycles. The smallest absolute Gasteiger partial charge is 0.368 e. The van der Waals surface area contributed by atoms with Crippen molar-refractivity contribution in [3.8, 4) is 0 Å². The molecular formula is C21H30Cl2F3N3O4. The number of alkyl halides is 5. The van der Waals surface area contributed by atoms with E-state index >= 15 is 0 Å². The first-order valence-electron chi connectivity index (χ1n) is 11.5. The topological polar surface area (TPSA) is 88.7 Å². The number of carbonyl (C=O) groups is 2. The molecule has 5 aliphatic rings. The van der Waals surface area contributed by atoms with Gasteiger partial charge in [-0.25, -0.2) is 0 Å². The van der Waals surface area contributed by atoms with Gasteiger partial charge >= 0.3 is 6.36 Å². The number of piperidine rings is 1. The summed E-state index contributed by atoms with van der Waals surface area (Å²) in [7, 11) is 0. The maximum absolute atomic E-state index is 12.9. The summed E-state index contributed by atoms with van der Waals surface area (Å²) in [5.74, 6) is -0.311. The van der Waals surface area contributed by atoms with Crippen molar-refractivity contribution in [3.05, 3.63) is 0 Å². The minimum absolute atomic E-state index is 0.0223. The Morgan fingerprint density at radius 3 is 2.39 bits per heavy atom. The third-order valence-corrected chi connectivity index (χ3v) is 8.53. The van der Waals surface area contributed by atoms with Crippen LogP contribution in [-0.4, -0.2) is 66.0 Å². The van der Waals surface area contributed by atoms with Crippen LogP contribution in [-0.2, 0) is 19.1 Å². The van der Waals surface area contributed by atoms with Gasteiger partial charge in [-0.15, -0.1) is 36.4 Å². The van der Waals surface area contributed by atoms with Gasteiger partial charge in [0.25, 0.3) is 0 Å². The maximum Gasteiger partial charge on any atom is 0.522 e. The number of rotatable bonds is 7. The van der Waals surface area contributed by atoms with Crippen LogP contribution in [0, 0.1) is 5.41 Å². The highest BCUT2D eigenvalue weighted by Gasteiger charge is 2.65. The quantitative estimate of drug-likeness (QED) is 0.453. The van der Waals surface area contributed by atoms with E-state index in [1.54, 1.807) is 0 Å². The summed E-state index contributed by atoms with van der Waals surface area (Å²) in [5, 5.41) is 8.66. The molecule has 188 valence electrons. The van der Waals surface area contributed by atoms with Gasteiger partial charge in [-0.2, -0.15) is 0 Å². The van der Waals surface area contributed by atoms with Crippen LogP contribution >= 0.6 is 23.2 Å². The van der Waals surface area contributed by atoms with Crippen LogP contribution in [0.2, 0.25) is 0 Å². The van der Waals surface area contributed by atoms with E-state index in [4.69, 9.17) is 27.9 Å². The SMILES string of the molecule is O=C(COC1CCC(Cl)C(Cl)C1)NC12CCC(C(=O)NC3CCC(OC(F)(F)F)CN3)(C1)C2. The molecule has 0 aromatic heterocycles. The second-order valence-electron chi connectivity index (χ2n) is 9.94. The van der Waals surface area contributed by atoms with Gasteiger partial charge in [-0.1, -0.05) is 0 Å². The van der Waals surface area contributed by atoms with Crippen LogP contribution < -0.4 is 16.0 Å². The number of nitrogens with one attached hydrogen (secondary N) is 3. The lowest BCUT2D eigenvalue weighted by Gasteiger charge is -2.47. The Hall–Kier alpha value is -0.810. The fraction of sp³-hybridized carbons (Fsp3) is 0.905. The van der Waals surface area contributed by atoms with E-state index in [0.717, 1.165) is 12.8 Å². The molecule has 0 aromatic rings. The fourth-order valence-electron chi connectivity index (χ4n) is 5.77. The van der Waals surface area contributed by atoms with Gasteiger partial charge in [0.05, 0.1) is 34.5 Å². The number of fused-ring (bicyclic) bond motifs is 1. The zero-order valence-corrected chi connectivity index (χ0v) is 19.7. The molecule has 7 nitrogen and oxygen atoms in total. The Morgan fingerprint density at radius 1 is 1.03 bits per heavy atom. The highest BCUT2D eigenvalue weighted by Crippen LogP contribution is 2.61. The number of amides is 2. The van der Waals surface area contributed by atoms with Crippen molar-refractivity contribution in [2.75, 3.05) is 13.2 Å². The Morgan fingerprint density at radius 2 is 1.76 bits per heavy atom. The van der Waals surface area contributed by atoms with Crippen molar-refractivity contribution >= 4 is 35.0 Å². The first kappa shape index (κ1) is 25.3. The van der Waals surface area contributed by atoms with Crippen molar-refractivity contribution in [2.24, 2.45) is 5.41 Å². The van der Waals surface area contributed by atoms with Crippen molar-refractivity contribution in [3.63, 3.8) is 0 Å². The Labute approximate surface area is 200 Å². The summed E-state index contributed by atoms with van der Waals surface area (Å²) >= 11 is 12.3. The fourth-order valence-corrected chi connectivity index (χ4v) is 6.33. The lowest BCUT2D eigenvalue weighted by Crippen LogP contribution is -2.62. The van der Waals surface area contributed by atoms with E-state index in [0.29, 0.717) is 38.5 Å². The van der Waals surface area contributed by atoms with Crippen LogP contribution in [0.5, 0.6) is 0 Å². The predicted molar refractivity (Wildman–Crippen MR) is 115 cm³/mol. The summed E-state index contributed by atoms with van der Waals surface area (Å²) in [6.45, 7) is -0.0240. The van der Waals surface area contributed by atoms with Crippen molar-refractivity contribution in [1.82, 2.24) is 16.0 Å². The van der Waals surface area contributed by atoms with Gasteiger partial charge in [-0.05, 0) is 57.8 Å². The lowest BCUT2D eigenvalue weighted by atomic mass is 9.64. The molecule has 5 fully saturated rings. The minimum Gasteiger partial charge on any atom is -0.368 e. The molecule has 12 heteroatoms. The van der Waals surface area contributed by atoms with Crippen molar-refractivity contribution < 1.29 is 32.2 Å². The molecule has 3 N–H and O–H groups in total. The summed E-state index contributed by atoms with van der Waals surface area (Å²) in [5.41, 5.74) is -0.911. The first-order valence-corrected chi connectivity index (χ1v) is 12.3. The highest BCUT2D eigenvalue weighted by molar-refractivity contribution is 6.30. The Kier molecular flexibility index (Phi) is 7.42. The molecule has 5 atom stereocenters. The summed E-state index contributed by atoms with van der Waals surface area (Å²) in [4.78, 5) is 25.3. The molecule has 5 rings (SSSR count). The van der Waals surface area contributed by atoms with Gasteiger partial charge in [0.2, 0.25) is 11.8 Å². The predicted octanol–water partition coefficient (Wildman–Crippen LogP) is 2.93. The van der Waals surface area contributed by atoms with Gasteiger partial charge in [0.15, 0.2) is 0 Å². The van der Waals surface area contributed by atoms with Crippen molar-refractivity contribution in [2.45, 2.75) is 98.8 Å². The largest absolute Gasteiger partial charge is 0.522 e. The van der Waals surface area contributed by atoms with Gasteiger partial charge in [0.1, 0.15) is 6.61 Å². The molecule has 33 heavy (non-hydrogen) atoms. The molecule has 2 bridgehead atoms. The highest BCUT2D eigenvalue weighted by atomic mass is 35.5. The third-order valence-electron chi connectivity index (χ3n) is 7.39. The lowest BCUT2D eigenvalue weighted by molar-refractivity contribution is -0.344. The number of hydrogen-bond acceptors (Lipinski definition) is 5. The average molecular weight is 516 g/mol. The average Bonchev–Trinajstić information content (AvgIpc) is 3.26. The van der Waals surface area contributed by atoms with Crippen LogP contribution in [0.3, 0.4) is 0 Å². The maximum atomic E-state index is 12.9. The Bertz CT molecular complexity index is 743. The number of ether oxygens (including phenoxy) is 2. The van der Waals surface area contributed by atoms with E-state index in [1.165, 1.54) is 0 Å². The molecule has 1 saturated heterocycles. The van der Waals surface area contributed by atoms with E-state index in [1.807, 2.05) is 0 Å². The molecule has 1 aliphatic heterocycles. The molecule has 0 spiro atoms. The molecule has 4 aliphatic carbocycles. The minimum atomic E-state index is -4.66. The zero-order valence-electron chi connectivity index (χ0n) is 18.2. The zero-order chi connectivity index (χ0) is 23.9. The molecule has 4 saturated carbocycles. The molecule has 5 unspecified atom stereocenters. The first-order chi connectivity index (χ1) is 15.5. The van der Waals surface area contributed by atoms with Crippen LogP contribution in [0.15, 0.2) is 0 Å². The van der Waals surface area contributed by atoms with E-state index in [2.05, 4.69) is 20.7 Å². The van der Waals surface area contributed by atoms with E-state index in [-0.39, 0.29) is 59.9 Å².